The highest BCUT2D eigenvalue weighted by molar-refractivity contribution is 7.99. The number of carbonyl (C=O) groups is 2. The Bertz CT molecular complexity index is 931. The summed E-state index contributed by atoms with van der Waals surface area (Å²) in [5.41, 5.74) is 2.40. The van der Waals surface area contributed by atoms with E-state index in [0.29, 0.717) is 5.69 Å². The van der Waals surface area contributed by atoms with Crippen LogP contribution in [0, 0.1) is 6.92 Å². The van der Waals surface area contributed by atoms with Gasteiger partial charge in [0.1, 0.15) is 0 Å². The number of rotatable bonds is 5. The van der Waals surface area contributed by atoms with E-state index in [2.05, 4.69) is 15.6 Å². The lowest BCUT2D eigenvalue weighted by atomic mass is 10.2. The molecule has 0 spiro atoms. The van der Waals surface area contributed by atoms with Gasteiger partial charge in [0.15, 0.2) is 0 Å². The molecule has 0 aliphatic rings. The molecule has 1 aromatic heterocycles. The van der Waals surface area contributed by atoms with Crippen molar-refractivity contribution < 1.29 is 9.59 Å². The lowest BCUT2D eigenvalue weighted by molar-refractivity contribution is -0.136. The molecule has 3 rings (SSSR count). The van der Waals surface area contributed by atoms with E-state index in [1.54, 1.807) is 36.3 Å². The smallest absolute Gasteiger partial charge is 0.313 e. The molecule has 27 heavy (non-hydrogen) atoms. The average molecular weight is 377 g/mol. The third-order valence-corrected chi connectivity index (χ3v) is 4.83. The van der Waals surface area contributed by atoms with Gasteiger partial charge in [0.05, 0.1) is 0 Å². The summed E-state index contributed by atoms with van der Waals surface area (Å²) in [6, 6.07) is 19.4. The predicted octanol–water partition coefficient (Wildman–Crippen LogP) is 3.80. The molecule has 6 heteroatoms. The summed E-state index contributed by atoms with van der Waals surface area (Å²) < 4.78 is 0. The summed E-state index contributed by atoms with van der Waals surface area (Å²) in [6.07, 6.45) is 3.28. The Kier molecular flexibility index (Phi) is 6.22. The SMILES string of the molecule is Cc1cc(Sc2ccccc2)ccc1NC(=O)C(=O)NCc1ccncc1. The molecule has 0 radical (unpaired) electrons. The molecule has 0 bridgehead atoms. The molecule has 136 valence electrons. The van der Waals surface area contributed by atoms with E-state index in [1.165, 1.54) is 0 Å². The zero-order valence-corrected chi connectivity index (χ0v) is 15.6. The summed E-state index contributed by atoms with van der Waals surface area (Å²) in [4.78, 5) is 30.2. The van der Waals surface area contributed by atoms with Gasteiger partial charge in [-0.2, -0.15) is 0 Å². The number of aryl methyl sites for hydroxylation is 1. The largest absolute Gasteiger partial charge is 0.344 e. The number of anilines is 1. The van der Waals surface area contributed by atoms with Gasteiger partial charge in [-0.1, -0.05) is 30.0 Å². The zero-order valence-electron chi connectivity index (χ0n) is 14.8. The van der Waals surface area contributed by atoms with Crippen LogP contribution in [0.4, 0.5) is 5.69 Å². The Labute approximate surface area is 162 Å². The molecular formula is C21H19N3O2S. The number of benzene rings is 2. The van der Waals surface area contributed by atoms with E-state index < -0.39 is 11.8 Å². The minimum atomic E-state index is -0.685. The predicted molar refractivity (Wildman–Crippen MR) is 106 cm³/mol. The number of hydrogen-bond acceptors (Lipinski definition) is 4. The van der Waals surface area contributed by atoms with Crippen LogP contribution in [0.15, 0.2) is 82.8 Å². The molecule has 0 aliphatic carbocycles. The minimum absolute atomic E-state index is 0.278. The number of aromatic nitrogens is 1. The molecule has 0 aliphatic heterocycles. The number of pyridine rings is 1. The summed E-state index contributed by atoms with van der Waals surface area (Å²) in [7, 11) is 0. The minimum Gasteiger partial charge on any atom is -0.344 e. The molecule has 0 saturated heterocycles. The van der Waals surface area contributed by atoms with E-state index in [0.717, 1.165) is 20.9 Å². The maximum Gasteiger partial charge on any atom is 0.313 e. The van der Waals surface area contributed by atoms with Gasteiger partial charge in [0, 0.05) is 34.4 Å². The average Bonchev–Trinajstić information content (AvgIpc) is 2.69. The van der Waals surface area contributed by atoms with Gasteiger partial charge in [0.25, 0.3) is 0 Å². The quantitative estimate of drug-likeness (QED) is 0.664. The number of carbonyl (C=O) groups excluding carboxylic acids is 2. The van der Waals surface area contributed by atoms with Crippen LogP contribution in [0.2, 0.25) is 0 Å². The normalized spacial score (nSPS) is 10.3. The monoisotopic (exact) mass is 377 g/mol. The highest BCUT2D eigenvalue weighted by Crippen LogP contribution is 2.30. The summed E-state index contributed by atoms with van der Waals surface area (Å²) in [5, 5.41) is 5.26. The topological polar surface area (TPSA) is 71.1 Å². The number of nitrogens with one attached hydrogen (secondary N) is 2. The first-order valence-electron chi connectivity index (χ1n) is 8.43. The molecule has 1 heterocycles. The third kappa shape index (κ3) is 5.43. The Hall–Kier alpha value is -3.12. The van der Waals surface area contributed by atoms with Crippen LogP contribution in [0.1, 0.15) is 11.1 Å². The second-order valence-corrected chi connectivity index (χ2v) is 7.03. The van der Waals surface area contributed by atoms with E-state index in [-0.39, 0.29) is 6.54 Å². The van der Waals surface area contributed by atoms with E-state index in [1.807, 2.05) is 55.5 Å². The van der Waals surface area contributed by atoms with Gasteiger partial charge in [0.2, 0.25) is 0 Å². The first-order valence-corrected chi connectivity index (χ1v) is 9.25. The standard InChI is InChI=1S/C21H19N3O2S/c1-15-13-18(27-17-5-3-2-4-6-17)7-8-19(15)24-21(26)20(25)23-14-16-9-11-22-12-10-16/h2-13H,14H2,1H3,(H,23,25)(H,24,26). The van der Waals surface area contributed by atoms with Crippen molar-refractivity contribution in [3.05, 3.63) is 84.2 Å². The van der Waals surface area contributed by atoms with Crippen molar-refractivity contribution in [2.45, 2.75) is 23.3 Å². The van der Waals surface area contributed by atoms with Crippen molar-refractivity contribution in [1.82, 2.24) is 10.3 Å². The van der Waals surface area contributed by atoms with Crippen molar-refractivity contribution in [3.8, 4) is 0 Å². The fraction of sp³-hybridized carbons (Fsp3) is 0.0952. The lowest BCUT2D eigenvalue weighted by Gasteiger charge is -2.10. The van der Waals surface area contributed by atoms with Gasteiger partial charge in [-0.3, -0.25) is 14.6 Å². The molecule has 3 aromatic rings. The van der Waals surface area contributed by atoms with Crippen LogP contribution in [0.5, 0.6) is 0 Å². The highest BCUT2D eigenvalue weighted by atomic mass is 32.2. The van der Waals surface area contributed by atoms with Crippen LogP contribution < -0.4 is 10.6 Å². The fourth-order valence-electron chi connectivity index (χ4n) is 2.41. The van der Waals surface area contributed by atoms with Gasteiger partial charge in [-0.15, -0.1) is 0 Å². The summed E-state index contributed by atoms with van der Waals surface area (Å²) in [6.45, 7) is 2.18. The van der Waals surface area contributed by atoms with Crippen LogP contribution in [-0.2, 0) is 16.1 Å². The molecule has 2 N–H and O–H groups in total. The number of nitrogens with zero attached hydrogens (tertiary/aromatic N) is 1. The van der Waals surface area contributed by atoms with E-state index in [9.17, 15) is 9.59 Å². The second kappa shape index (κ2) is 9.00. The van der Waals surface area contributed by atoms with Crippen molar-refractivity contribution in [3.63, 3.8) is 0 Å². The van der Waals surface area contributed by atoms with Crippen LogP contribution >= 0.6 is 11.8 Å². The fourth-order valence-corrected chi connectivity index (χ4v) is 3.34. The maximum absolute atomic E-state index is 12.1. The Morgan fingerprint density at radius 2 is 1.67 bits per heavy atom. The second-order valence-electron chi connectivity index (χ2n) is 5.88. The third-order valence-electron chi connectivity index (χ3n) is 3.83. The van der Waals surface area contributed by atoms with Crippen LogP contribution in [0.25, 0.3) is 0 Å². The maximum atomic E-state index is 12.1. The van der Waals surface area contributed by atoms with Gasteiger partial charge < -0.3 is 10.6 Å². The first-order chi connectivity index (χ1) is 13.1. The highest BCUT2D eigenvalue weighted by Gasteiger charge is 2.14. The van der Waals surface area contributed by atoms with Gasteiger partial charge in [-0.25, -0.2) is 0 Å². The Morgan fingerprint density at radius 1 is 0.926 bits per heavy atom. The van der Waals surface area contributed by atoms with Gasteiger partial charge in [-0.05, 0) is 60.5 Å². The molecular weight excluding hydrogens is 358 g/mol. The molecule has 0 fully saturated rings. The van der Waals surface area contributed by atoms with Crippen molar-refractivity contribution in [1.29, 1.82) is 0 Å². The Morgan fingerprint density at radius 3 is 2.37 bits per heavy atom. The molecule has 5 nitrogen and oxygen atoms in total. The summed E-state index contributed by atoms with van der Waals surface area (Å²) >= 11 is 1.64. The van der Waals surface area contributed by atoms with E-state index >= 15 is 0 Å². The molecule has 0 atom stereocenters. The van der Waals surface area contributed by atoms with Crippen molar-refractivity contribution in [2.24, 2.45) is 0 Å². The zero-order chi connectivity index (χ0) is 19.1. The van der Waals surface area contributed by atoms with Crippen molar-refractivity contribution >= 4 is 29.3 Å². The molecule has 0 unspecified atom stereocenters. The lowest BCUT2D eigenvalue weighted by Crippen LogP contribution is -2.35. The molecule has 2 amide bonds. The first kappa shape index (κ1) is 18.7. The van der Waals surface area contributed by atoms with Crippen LogP contribution in [0.3, 0.4) is 0 Å². The number of hydrogen-bond donors (Lipinski definition) is 2. The Balaban J connectivity index is 1.58. The van der Waals surface area contributed by atoms with Gasteiger partial charge >= 0.3 is 11.8 Å². The number of amides is 2. The molecule has 2 aromatic carbocycles. The van der Waals surface area contributed by atoms with E-state index in [4.69, 9.17) is 0 Å². The summed E-state index contributed by atoms with van der Waals surface area (Å²) in [5.74, 6) is -1.36. The molecule has 0 saturated carbocycles. The van der Waals surface area contributed by atoms with Crippen LogP contribution in [-0.4, -0.2) is 16.8 Å². The van der Waals surface area contributed by atoms with Crippen molar-refractivity contribution in [2.75, 3.05) is 5.32 Å².